The molecule has 1 heterocycles. The molecule has 0 unspecified atom stereocenters. The Labute approximate surface area is 197 Å². The number of aromatic amines is 1. The van der Waals surface area contributed by atoms with Gasteiger partial charge in [0.15, 0.2) is 0 Å². The van der Waals surface area contributed by atoms with Crippen LogP contribution in [-0.4, -0.2) is 44.1 Å². The number of aromatic nitrogens is 2. The zero-order valence-corrected chi connectivity index (χ0v) is 19.7. The smallest absolute Gasteiger partial charge is 0.256 e. The van der Waals surface area contributed by atoms with Crippen LogP contribution in [0.15, 0.2) is 54.6 Å². The van der Waals surface area contributed by atoms with Gasteiger partial charge in [-0.1, -0.05) is 17.7 Å². The van der Waals surface area contributed by atoms with Gasteiger partial charge in [0.25, 0.3) is 5.91 Å². The van der Waals surface area contributed by atoms with E-state index in [9.17, 15) is 4.79 Å². The number of methoxy groups -OCH3 is 1. The van der Waals surface area contributed by atoms with Gasteiger partial charge in [-0.15, -0.1) is 0 Å². The third-order valence-electron chi connectivity index (χ3n) is 5.42. The molecule has 0 saturated carbocycles. The molecule has 0 atom stereocenters. The lowest BCUT2D eigenvalue weighted by Gasteiger charge is -2.15. The number of hydrogen-bond acceptors (Lipinski definition) is 5. The molecule has 1 aromatic heterocycles. The summed E-state index contributed by atoms with van der Waals surface area (Å²) in [4.78, 5) is 23.4. The van der Waals surface area contributed by atoms with Gasteiger partial charge >= 0.3 is 0 Å². The maximum absolute atomic E-state index is 13.3. The topological polar surface area (TPSA) is 82.3 Å². The summed E-state index contributed by atoms with van der Waals surface area (Å²) in [5.74, 6) is 1.04. The first-order chi connectivity index (χ1) is 15.9. The number of carbonyl (C=O) groups is 1. The highest BCUT2D eigenvalue weighted by Gasteiger charge is 2.18. The zero-order valence-electron chi connectivity index (χ0n) is 19.0. The zero-order chi connectivity index (χ0) is 23.5. The summed E-state index contributed by atoms with van der Waals surface area (Å²) in [5, 5.41) is 6.67. The minimum Gasteiger partial charge on any atom is -0.496 e. The number of halogens is 1. The van der Waals surface area contributed by atoms with E-state index in [0.717, 1.165) is 22.3 Å². The van der Waals surface area contributed by atoms with E-state index >= 15 is 0 Å². The molecule has 0 saturated heterocycles. The van der Waals surface area contributed by atoms with Crippen LogP contribution in [0, 0.1) is 0 Å². The highest BCUT2D eigenvalue weighted by molar-refractivity contribution is 6.31. The lowest BCUT2D eigenvalue weighted by Crippen LogP contribution is -2.18. The molecule has 0 fully saturated rings. The van der Waals surface area contributed by atoms with E-state index in [1.807, 2.05) is 50.3 Å². The molecule has 0 aliphatic carbocycles. The van der Waals surface area contributed by atoms with Crippen molar-refractivity contribution in [3.8, 4) is 17.1 Å². The van der Waals surface area contributed by atoms with Crippen molar-refractivity contribution < 1.29 is 9.53 Å². The second-order valence-electron chi connectivity index (χ2n) is 7.84. The lowest BCUT2D eigenvalue weighted by molar-refractivity contribution is 0.102. The molecule has 0 aliphatic rings. The van der Waals surface area contributed by atoms with Crippen LogP contribution >= 0.6 is 11.6 Å². The Morgan fingerprint density at radius 1 is 1.15 bits per heavy atom. The molecule has 0 aliphatic heterocycles. The van der Waals surface area contributed by atoms with Crippen LogP contribution < -0.4 is 20.3 Å². The van der Waals surface area contributed by atoms with Gasteiger partial charge in [-0.2, -0.15) is 0 Å². The van der Waals surface area contributed by atoms with Gasteiger partial charge in [0.2, 0.25) is 0 Å². The number of H-pyrrole nitrogens is 1. The standard InChI is InChI=1S/C25H26ClN5O2/c1-27-14-19-17(6-5-7-23(19)33-4)25(32)30-20-10-8-15(26)12-18(20)24-28-21-11-9-16(31(2)3)13-22(21)29-24/h5-13,27H,14H2,1-4H3,(H,28,29)(H,30,32). The van der Waals surface area contributed by atoms with Crippen LogP contribution in [0.5, 0.6) is 5.75 Å². The number of imidazole rings is 1. The number of ether oxygens (including phenoxy) is 1. The van der Waals surface area contributed by atoms with Crippen LogP contribution in [0.1, 0.15) is 15.9 Å². The van der Waals surface area contributed by atoms with Crippen LogP contribution in [0.3, 0.4) is 0 Å². The number of fused-ring (bicyclic) bond motifs is 1. The predicted octanol–water partition coefficient (Wildman–Crippen LogP) is 4.93. The number of nitrogens with one attached hydrogen (secondary N) is 3. The lowest BCUT2D eigenvalue weighted by atomic mass is 10.0. The first-order valence-corrected chi connectivity index (χ1v) is 10.9. The van der Waals surface area contributed by atoms with Crippen LogP contribution in [0.25, 0.3) is 22.4 Å². The number of rotatable bonds is 7. The van der Waals surface area contributed by atoms with Crippen molar-refractivity contribution in [2.24, 2.45) is 0 Å². The summed E-state index contributed by atoms with van der Waals surface area (Å²) in [6.07, 6.45) is 0. The molecule has 1 amide bonds. The van der Waals surface area contributed by atoms with Crippen molar-refractivity contribution >= 4 is 39.9 Å². The normalized spacial score (nSPS) is 10.9. The Balaban J connectivity index is 1.73. The quantitative estimate of drug-likeness (QED) is 0.362. The van der Waals surface area contributed by atoms with E-state index in [1.54, 1.807) is 37.4 Å². The van der Waals surface area contributed by atoms with E-state index in [1.165, 1.54) is 0 Å². The molecular formula is C25H26ClN5O2. The Bertz CT molecular complexity index is 1320. The monoisotopic (exact) mass is 463 g/mol. The minimum atomic E-state index is -0.242. The molecule has 4 aromatic rings. The Hall–Kier alpha value is -3.55. The predicted molar refractivity (Wildman–Crippen MR) is 135 cm³/mol. The Kier molecular flexibility index (Phi) is 6.53. The molecule has 3 aromatic carbocycles. The molecule has 8 heteroatoms. The second-order valence-corrected chi connectivity index (χ2v) is 8.28. The first kappa shape index (κ1) is 22.6. The summed E-state index contributed by atoms with van der Waals surface area (Å²) >= 11 is 6.31. The number of anilines is 2. The van der Waals surface area contributed by atoms with Crippen LogP contribution in [0.4, 0.5) is 11.4 Å². The van der Waals surface area contributed by atoms with Gasteiger partial charge in [-0.25, -0.2) is 4.98 Å². The third-order valence-corrected chi connectivity index (χ3v) is 5.65. The van der Waals surface area contributed by atoms with E-state index in [-0.39, 0.29) is 5.91 Å². The molecule has 0 spiro atoms. The molecule has 7 nitrogen and oxygen atoms in total. The molecule has 0 bridgehead atoms. The van der Waals surface area contributed by atoms with Crippen molar-refractivity contribution in [1.82, 2.24) is 15.3 Å². The maximum atomic E-state index is 13.3. The number of amides is 1. The summed E-state index contributed by atoms with van der Waals surface area (Å²) < 4.78 is 5.45. The minimum absolute atomic E-state index is 0.242. The van der Waals surface area contributed by atoms with Crippen molar-refractivity contribution in [2.45, 2.75) is 6.54 Å². The Morgan fingerprint density at radius 3 is 2.70 bits per heavy atom. The molecule has 170 valence electrons. The van der Waals surface area contributed by atoms with Gasteiger partial charge in [0, 0.05) is 48.0 Å². The van der Waals surface area contributed by atoms with Crippen molar-refractivity contribution in [2.75, 3.05) is 38.5 Å². The van der Waals surface area contributed by atoms with Gasteiger partial charge in [0.1, 0.15) is 11.6 Å². The van der Waals surface area contributed by atoms with Gasteiger partial charge in [0.05, 0.1) is 23.8 Å². The summed E-state index contributed by atoms with van der Waals surface area (Å²) in [6.45, 7) is 0.498. The van der Waals surface area contributed by atoms with Crippen LogP contribution in [-0.2, 0) is 6.54 Å². The molecule has 4 rings (SSSR count). The van der Waals surface area contributed by atoms with Crippen molar-refractivity contribution in [3.05, 3.63) is 70.7 Å². The SMILES string of the molecule is CNCc1c(OC)cccc1C(=O)Nc1ccc(Cl)cc1-c1nc2ccc(N(C)C)cc2[nH]1. The summed E-state index contributed by atoms with van der Waals surface area (Å²) in [5.41, 5.74) is 5.42. The second kappa shape index (κ2) is 9.52. The van der Waals surface area contributed by atoms with Gasteiger partial charge < -0.3 is 25.3 Å². The number of hydrogen-bond donors (Lipinski definition) is 3. The summed E-state index contributed by atoms with van der Waals surface area (Å²) in [7, 11) is 7.40. The number of benzene rings is 3. The third kappa shape index (κ3) is 4.65. The number of carbonyl (C=O) groups excluding carboxylic acids is 1. The van der Waals surface area contributed by atoms with E-state index in [2.05, 4.69) is 15.6 Å². The largest absolute Gasteiger partial charge is 0.496 e. The van der Waals surface area contributed by atoms with E-state index in [4.69, 9.17) is 21.3 Å². The molecular weight excluding hydrogens is 438 g/mol. The van der Waals surface area contributed by atoms with Gasteiger partial charge in [-0.3, -0.25) is 4.79 Å². The fraction of sp³-hybridized carbons (Fsp3) is 0.200. The van der Waals surface area contributed by atoms with Crippen molar-refractivity contribution in [1.29, 1.82) is 0 Å². The maximum Gasteiger partial charge on any atom is 0.256 e. The Morgan fingerprint density at radius 2 is 1.97 bits per heavy atom. The van der Waals surface area contributed by atoms with Crippen molar-refractivity contribution in [3.63, 3.8) is 0 Å². The van der Waals surface area contributed by atoms with Crippen LogP contribution in [0.2, 0.25) is 5.02 Å². The number of nitrogens with zero attached hydrogens (tertiary/aromatic N) is 2. The van der Waals surface area contributed by atoms with E-state index < -0.39 is 0 Å². The first-order valence-electron chi connectivity index (χ1n) is 10.5. The fourth-order valence-corrected chi connectivity index (χ4v) is 3.92. The highest BCUT2D eigenvalue weighted by atomic mass is 35.5. The highest BCUT2D eigenvalue weighted by Crippen LogP contribution is 2.32. The molecule has 3 N–H and O–H groups in total. The molecule has 0 radical (unpaired) electrons. The van der Waals surface area contributed by atoms with Gasteiger partial charge in [-0.05, 0) is 55.6 Å². The fourth-order valence-electron chi connectivity index (χ4n) is 3.74. The van der Waals surface area contributed by atoms with E-state index in [0.29, 0.717) is 40.0 Å². The average molecular weight is 464 g/mol. The summed E-state index contributed by atoms with van der Waals surface area (Å²) in [6, 6.07) is 16.8. The molecule has 33 heavy (non-hydrogen) atoms. The average Bonchev–Trinajstić information content (AvgIpc) is 3.23.